The molecule has 21 heavy (non-hydrogen) atoms. The van der Waals surface area contributed by atoms with Crippen molar-refractivity contribution in [3.63, 3.8) is 0 Å². The number of hydrogen-bond donors (Lipinski definition) is 1. The number of nitro groups is 1. The molecule has 2 rings (SSSR count). The Kier molecular flexibility index (Phi) is 4.66. The largest absolute Gasteiger partial charge is 0.496 e. The van der Waals surface area contributed by atoms with E-state index in [2.05, 4.69) is 21.2 Å². The summed E-state index contributed by atoms with van der Waals surface area (Å²) >= 11 is 3.34. The van der Waals surface area contributed by atoms with Gasteiger partial charge in [-0.1, -0.05) is 0 Å². The number of benzene rings is 1. The van der Waals surface area contributed by atoms with Gasteiger partial charge in [0.25, 0.3) is 0 Å². The van der Waals surface area contributed by atoms with Gasteiger partial charge < -0.3 is 14.8 Å². The van der Waals surface area contributed by atoms with Crippen LogP contribution in [0.2, 0.25) is 0 Å². The fraction of sp³-hybridized carbons (Fsp3) is 0.462. The third-order valence-electron chi connectivity index (χ3n) is 3.48. The third-order valence-corrected chi connectivity index (χ3v) is 4.10. The van der Waals surface area contributed by atoms with Gasteiger partial charge in [0.05, 0.1) is 18.7 Å². The first kappa shape index (κ1) is 15.6. The molecule has 1 saturated heterocycles. The lowest BCUT2D eigenvalue weighted by molar-refractivity contribution is -0.529. The summed E-state index contributed by atoms with van der Waals surface area (Å²) in [6.07, 6.45) is 0.350. The summed E-state index contributed by atoms with van der Waals surface area (Å²) in [6, 6.07) is 1.70. The molecule has 1 N–H and O–H groups in total. The zero-order valence-electron chi connectivity index (χ0n) is 11.6. The number of ether oxygens (including phenoxy) is 2. The second-order valence-electron chi connectivity index (χ2n) is 4.67. The van der Waals surface area contributed by atoms with Gasteiger partial charge in [0, 0.05) is 23.3 Å². The van der Waals surface area contributed by atoms with Crippen molar-refractivity contribution >= 4 is 21.8 Å². The van der Waals surface area contributed by atoms with E-state index in [1.807, 2.05) is 0 Å². The topological polar surface area (TPSA) is 90.7 Å². The summed E-state index contributed by atoms with van der Waals surface area (Å²) in [4.78, 5) is 22.5. The van der Waals surface area contributed by atoms with Crippen LogP contribution in [-0.4, -0.2) is 31.1 Å². The lowest BCUT2D eigenvalue weighted by atomic mass is 9.91. The van der Waals surface area contributed by atoms with Gasteiger partial charge in [-0.05, 0) is 28.1 Å². The van der Waals surface area contributed by atoms with Crippen molar-refractivity contribution in [2.24, 2.45) is 0 Å². The summed E-state index contributed by atoms with van der Waals surface area (Å²) in [5.74, 6) is 0.775. The fourth-order valence-electron chi connectivity index (χ4n) is 2.43. The van der Waals surface area contributed by atoms with Crippen molar-refractivity contribution in [2.45, 2.75) is 24.9 Å². The van der Waals surface area contributed by atoms with E-state index >= 15 is 0 Å². The van der Waals surface area contributed by atoms with Crippen LogP contribution in [0.25, 0.3) is 0 Å². The molecular formula is C13H15BrN2O5. The van der Waals surface area contributed by atoms with Gasteiger partial charge in [0.1, 0.15) is 17.5 Å². The van der Waals surface area contributed by atoms with E-state index in [9.17, 15) is 14.9 Å². The third kappa shape index (κ3) is 3.10. The average molecular weight is 359 g/mol. The fourth-order valence-corrected chi connectivity index (χ4v) is 2.91. The highest BCUT2D eigenvalue weighted by Gasteiger charge is 2.40. The number of piperidine rings is 1. The van der Waals surface area contributed by atoms with E-state index < -0.39 is 12.1 Å². The SMILES string of the molecule is COc1cc([C@@H]2NC(=O)CC[C@H]2[N+](=O)[O-])c(OC)cc1Br. The Morgan fingerprint density at radius 2 is 2.00 bits per heavy atom. The molecule has 0 aliphatic carbocycles. The van der Waals surface area contributed by atoms with Gasteiger partial charge >= 0.3 is 0 Å². The summed E-state index contributed by atoms with van der Waals surface area (Å²) in [6.45, 7) is 0. The Bertz CT molecular complexity index is 578. The number of nitrogens with zero attached hydrogens (tertiary/aromatic N) is 1. The van der Waals surface area contributed by atoms with E-state index in [1.54, 1.807) is 12.1 Å². The normalized spacial score (nSPS) is 21.6. The molecule has 2 atom stereocenters. The number of rotatable bonds is 4. The number of amides is 1. The number of carbonyl (C=O) groups excluding carboxylic acids is 1. The number of carbonyl (C=O) groups is 1. The molecule has 0 saturated carbocycles. The van der Waals surface area contributed by atoms with Crippen molar-refractivity contribution in [1.29, 1.82) is 0 Å². The van der Waals surface area contributed by atoms with Crippen LogP contribution in [-0.2, 0) is 4.79 Å². The molecule has 0 bridgehead atoms. The maximum Gasteiger partial charge on any atom is 0.237 e. The predicted molar refractivity (Wildman–Crippen MR) is 78.1 cm³/mol. The standard InChI is InChI=1S/C13H15BrN2O5/c1-20-10-6-8(14)11(21-2)5-7(10)13-9(16(18)19)3-4-12(17)15-13/h5-6,9,13H,3-4H2,1-2H3,(H,15,17)/t9-,13+/m1/s1. The minimum absolute atomic E-state index is 0.151. The van der Waals surface area contributed by atoms with Crippen molar-refractivity contribution in [1.82, 2.24) is 5.32 Å². The van der Waals surface area contributed by atoms with Gasteiger partial charge in [-0.2, -0.15) is 0 Å². The van der Waals surface area contributed by atoms with Crippen LogP contribution in [0.4, 0.5) is 0 Å². The molecule has 0 unspecified atom stereocenters. The number of nitrogens with one attached hydrogen (secondary N) is 1. The minimum atomic E-state index is -0.887. The van der Waals surface area contributed by atoms with E-state index in [0.29, 0.717) is 21.5 Å². The Hall–Kier alpha value is -1.83. The molecule has 1 aliphatic heterocycles. The van der Waals surface area contributed by atoms with Gasteiger partial charge in [0.2, 0.25) is 11.9 Å². The van der Waals surface area contributed by atoms with Gasteiger partial charge in [-0.15, -0.1) is 0 Å². The Labute approximate surface area is 129 Å². The van der Waals surface area contributed by atoms with Crippen molar-refractivity contribution in [2.75, 3.05) is 14.2 Å². The first-order valence-electron chi connectivity index (χ1n) is 6.32. The summed E-state index contributed by atoms with van der Waals surface area (Å²) in [7, 11) is 2.98. The number of halogens is 1. The smallest absolute Gasteiger partial charge is 0.237 e. The second-order valence-corrected chi connectivity index (χ2v) is 5.52. The predicted octanol–water partition coefficient (Wildman–Crippen LogP) is 2.06. The van der Waals surface area contributed by atoms with Gasteiger partial charge in [-0.25, -0.2) is 0 Å². The lowest BCUT2D eigenvalue weighted by Gasteiger charge is -2.28. The Morgan fingerprint density at radius 3 is 2.57 bits per heavy atom. The molecule has 114 valence electrons. The van der Waals surface area contributed by atoms with Gasteiger partial charge in [0.15, 0.2) is 0 Å². The van der Waals surface area contributed by atoms with Crippen molar-refractivity contribution in [3.8, 4) is 11.5 Å². The summed E-state index contributed by atoms with van der Waals surface area (Å²) in [5, 5.41) is 13.9. The maximum atomic E-state index is 11.6. The molecule has 1 aliphatic rings. The van der Waals surface area contributed by atoms with Crippen LogP contribution < -0.4 is 14.8 Å². The van der Waals surface area contributed by atoms with E-state index in [0.717, 1.165) is 0 Å². The molecule has 1 aromatic rings. The molecule has 1 fully saturated rings. The Morgan fingerprint density at radius 1 is 1.33 bits per heavy atom. The molecule has 0 radical (unpaired) electrons. The van der Waals surface area contributed by atoms with Crippen molar-refractivity contribution in [3.05, 3.63) is 32.3 Å². The molecule has 0 spiro atoms. The zero-order chi connectivity index (χ0) is 15.6. The van der Waals surface area contributed by atoms with E-state index in [4.69, 9.17) is 9.47 Å². The van der Waals surface area contributed by atoms with Crippen LogP contribution in [0.3, 0.4) is 0 Å². The Balaban J connectivity index is 2.50. The highest BCUT2D eigenvalue weighted by molar-refractivity contribution is 9.10. The molecule has 1 aromatic carbocycles. The summed E-state index contributed by atoms with van der Waals surface area (Å²) < 4.78 is 11.2. The highest BCUT2D eigenvalue weighted by atomic mass is 79.9. The molecule has 1 heterocycles. The second kappa shape index (κ2) is 6.30. The number of hydrogen-bond acceptors (Lipinski definition) is 5. The highest BCUT2D eigenvalue weighted by Crippen LogP contribution is 2.38. The first-order chi connectivity index (χ1) is 9.97. The summed E-state index contributed by atoms with van der Waals surface area (Å²) in [5.41, 5.74) is 0.535. The average Bonchev–Trinajstić information content (AvgIpc) is 2.46. The van der Waals surface area contributed by atoms with E-state index in [-0.39, 0.29) is 23.7 Å². The molecule has 0 aromatic heterocycles. The van der Waals surface area contributed by atoms with Crippen LogP contribution in [0.1, 0.15) is 24.4 Å². The monoisotopic (exact) mass is 358 g/mol. The zero-order valence-corrected chi connectivity index (χ0v) is 13.2. The first-order valence-corrected chi connectivity index (χ1v) is 7.11. The van der Waals surface area contributed by atoms with Crippen LogP contribution in [0, 0.1) is 10.1 Å². The van der Waals surface area contributed by atoms with Crippen LogP contribution in [0.15, 0.2) is 16.6 Å². The van der Waals surface area contributed by atoms with Gasteiger partial charge in [-0.3, -0.25) is 14.9 Å². The van der Waals surface area contributed by atoms with Crippen LogP contribution >= 0.6 is 15.9 Å². The quantitative estimate of drug-likeness (QED) is 0.657. The van der Waals surface area contributed by atoms with Crippen LogP contribution in [0.5, 0.6) is 11.5 Å². The molecule has 7 nitrogen and oxygen atoms in total. The van der Waals surface area contributed by atoms with Crippen molar-refractivity contribution < 1.29 is 19.2 Å². The minimum Gasteiger partial charge on any atom is -0.496 e. The maximum absolute atomic E-state index is 11.6. The lowest BCUT2D eigenvalue weighted by Crippen LogP contribution is -2.45. The number of methoxy groups -OCH3 is 2. The molecule has 8 heteroatoms. The van der Waals surface area contributed by atoms with E-state index in [1.165, 1.54) is 14.2 Å². The molecular weight excluding hydrogens is 344 g/mol. The molecule has 1 amide bonds.